The maximum atomic E-state index is 12.3. The van der Waals surface area contributed by atoms with Crippen molar-refractivity contribution >= 4 is 35.8 Å². The van der Waals surface area contributed by atoms with E-state index in [0.717, 1.165) is 58.3 Å². The van der Waals surface area contributed by atoms with Crippen LogP contribution in [0.15, 0.2) is 35.3 Å². The standard InChI is InChI=1S/C23H37N5O2.HI/c1-4-24-23(26-20-10-11-28(17-20)22(29)18(2)3)25-16-21(19-8-6-5-7-9-19)27-12-14-30-15-13-27;/h5-9,18,20-21H,4,10-17H2,1-3H3,(H2,24,25,26);1H. The largest absolute Gasteiger partial charge is 0.379 e. The van der Waals surface area contributed by atoms with Crippen molar-refractivity contribution in [2.75, 3.05) is 52.5 Å². The highest BCUT2D eigenvalue weighted by atomic mass is 127. The number of aliphatic imine (C=N–C) groups is 1. The molecule has 0 saturated carbocycles. The van der Waals surface area contributed by atoms with Gasteiger partial charge in [0.2, 0.25) is 5.91 Å². The van der Waals surface area contributed by atoms with E-state index < -0.39 is 0 Å². The van der Waals surface area contributed by atoms with Gasteiger partial charge in [0.15, 0.2) is 5.96 Å². The first-order valence-corrected chi connectivity index (χ1v) is 11.3. The summed E-state index contributed by atoms with van der Waals surface area (Å²) < 4.78 is 5.55. The number of amides is 1. The molecule has 3 rings (SSSR count). The van der Waals surface area contributed by atoms with Crippen LogP contribution in [0.3, 0.4) is 0 Å². The molecule has 2 heterocycles. The van der Waals surface area contributed by atoms with Gasteiger partial charge >= 0.3 is 0 Å². The average Bonchev–Trinajstić information content (AvgIpc) is 3.23. The lowest BCUT2D eigenvalue weighted by atomic mass is 10.0. The summed E-state index contributed by atoms with van der Waals surface area (Å²) >= 11 is 0. The number of likely N-dealkylation sites (tertiary alicyclic amines) is 1. The lowest BCUT2D eigenvalue weighted by molar-refractivity contribution is -0.133. The van der Waals surface area contributed by atoms with Crippen molar-refractivity contribution in [1.29, 1.82) is 0 Å². The number of carbonyl (C=O) groups excluding carboxylic acids is 1. The number of benzene rings is 1. The molecule has 2 atom stereocenters. The van der Waals surface area contributed by atoms with Gasteiger partial charge in [-0.3, -0.25) is 14.7 Å². The number of hydrogen-bond donors (Lipinski definition) is 2. The number of ether oxygens (including phenoxy) is 1. The van der Waals surface area contributed by atoms with Gasteiger partial charge in [-0.2, -0.15) is 0 Å². The monoisotopic (exact) mass is 543 g/mol. The maximum absolute atomic E-state index is 12.3. The summed E-state index contributed by atoms with van der Waals surface area (Å²) in [5, 5.41) is 6.93. The van der Waals surface area contributed by atoms with Gasteiger partial charge in [0.25, 0.3) is 0 Å². The molecule has 0 spiro atoms. The van der Waals surface area contributed by atoms with Gasteiger partial charge in [-0.25, -0.2) is 0 Å². The highest BCUT2D eigenvalue weighted by molar-refractivity contribution is 14.0. The molecule has 0 radical (unpaired) electrons. The quantitative estimate of drug-likeness (QED) is 0.314. The van der Waals surface area contributed by atoms with Crippen molar-refractivity contribution in [2.45, 2.75) is 39.3 Å². The van der Waals surface area contributed by atoms with Gasteiger partial charge in [-0.15, -0.1) is 24.0 Å². The third-order valence-corrected chi connectivity index (χ3v) is 5.77. The van der Waals surface area contributed by atoms with E-state index in [1.165, 1.54) is 5.56 Å². The number of guanidine groups is 1. The van der Waals surface area contributed by atoms with Crippen LogP contribution in [0.5, 0.6) is 0 Å². The predicted molar refractivity (Wildman–Crippen MR) is 136 cm³/mol. The molecule has 1 aromatic carbocycles. The van der Waals surface area contributed by atoms with E-state index in [4.69, 9.17) is 9.73 Å². The molecular formula is C23H38IN5O2. The average molecular weight is 543 g/mol. The van der Waals surface area contributed by atoms with Crippen molar-refractivity contribution in [3.05, 3.63) is 35.9 Å². The minimum absolute atomic E-state index is 0. The summed E-state index contributed by atoms with van der Waals surface area (Å²) in [6.45, 7) is 12.4. The Morgan fingerprint density at radius 2 is 1.90 bits per heavy atom. The molecular weight excluding hydrogens is 505 g/mol. The van der Waals surface area contributed by atoms with Crippen LogP contribution in [0.2, 0.25) is 0 Å². The SMILES string of the molecule is CCNC(=NCC(c1ccccc1)N1CCOCC1)NC1CCN(C(=O)C(C)C)C1.I. The van der Waals surface area contributed by atoms with E-state index in [9.17, 15) is 4.79 Å². The molecule has 174 valence electrons. The number of morpholine rings is 1. The molecule has 7 nitrogen and oxygen atoms in total. The fourth-order valence-corrected chi connectivity index (χ4v) is 4.13. The van der Waals surface area contributed by atoms with Crippen molar-refractivity contribution in [2.24, 2.45) is 10.9 Å². The fraction of sp³-hybridized carbons (Fsp3) is 0.652. The summed E-state index contributed by atoms with van der Waals surface area (Å²) in [5.41, 5.74) is 1.29. The summed E-state index contributed by atoms with van der Waals surface area (Å²) in [6.07, 6.45) is 0.953. The molecule has 0 aromatic heterocycles. The van der Waals surface area contributed by atoms with Crippen molar-refractivity contribution in [3.8, 4) is 0 Å². The number of hydrogen-bond acceptors (Lipinski definition) is 4. The second-order valence-electron chi connectivity index (χ2n) is 8.36. The molecule has 8 heteroatoms. The Balaban J connectivity index is 0.00000341. The van der Waals surface area contributed by atoms with Gasteiger partial charge in [0, 0.05) is 44.7 Å². The molecule has 1 aromatic rings. The van der Waals surface area contributed by atoms with Crippen molar-refractivity contribution < 1.29 is 9.53 Å². The smallest absolute Gasteiger partial charge is 0.225 e. The number of halogens is 1. The summed E-state index contributed by atoms with van der Waals surface area (Å²) in [6, 6.07) is 11.1. The van der Waals surface area contributed by atoms with Gasteiger partial charge in [0.1, 0.15) is 0 Å². The van der Waals surface area contributed by atoms with Gasteiger partial charge in [0.05, 0.1) is 25.8 Å². The van der Waals surface area contributed by atoms with E-state index in [1.54, 1.807) is 0 Å². The first-order valence-electron chi connectivity index (χ1n) is 11.3. The second kappa shape index (κ2) is 13.2. The molecule has 31 heavy (non-hydrogen) atoms. The van der Waals surface area contributed by atoms with Gasteiger partial charge in [-0.05, 0) is 18.9 Å². The topological polar surface area (TPSA) is 69.2 Å². The van der Waals surface area contributed by atoms with E-state index in [1.807, 2.05) is 18.7 Å². The normalized spacial score (nSPS) is 21.0. The van der Waals surface area contributed by atoms with Gasteiger partial charge < -0.3 is 20.3 Å². The zero-order chi connectivity index (χ0) is 21.3. The lowest BCUT2D eigenvalue weighted by Gasteiger charge is -2.34. The summed E-state index contributed by atoms with van der Waals surface area (Å²) in [4.78, 5) is 21.7. The van der Waals surface area contributed by atoms with Gasteiger partial charge in [-0.1, -0.05) is 44.2 Å². The highest BCUT2D eigenvalue weighted by Gasteiger charge is 2.28. The Labute approximate surface area is 204 Å². The molecule has 2 aliphatic rings. The first kappa shape index (κ1) is 25.9. The number of nitrogens with one attached hydrogen (secondary N) is 2. The zero-order valence-electron chi connectivity index (χ0n) is 19.0. The van der Waals surface area contributed by atoms with E-state index >= 15 is 0 Å². The van der Waals surface area contributed by atoms with Crippen LogP contribution in [0.25, 0.3) is 0 Å². The third-order valence-electron chi connectivity index (χ3n) is 5.77. The molecule has 2 N–H and O–H groups in total. The van der Waals surface area contributed by atoms with Crippen LogP contribution < -0.4 is 10.6 Å². The Bertz CT molecular complexity index is 694. The molecule has 0 aliphatic carbocycles. The Hall–Kier alpha value is -1.39. The molecule has 2 aliphatic heterocycles. The molecule has 0 bridgehead atoms. The summed E-state index contributed by atoms with van der Waals surface area (Å²) in [5.74, 6) is 1.11. The second-order valence-corrected chi connectivity index (χ2v) is 8.36. The van der Waals surface area contributed by atoms with Crippen molar-refractivity contribution in [3.63, 3.8) is 0 Å². The Morgan fingerprint density at radius 1 is 1.19 bits per heavy atom. The molecule has 1 amide bonds. The van der Waals surface area contributed by atoms with Crippen LogP contribution >= 0.6 is 24.0 Å². The van der Waals surface area contributed by atoms with Crippen molar-refractivity contribution in [1.82, 2.24) is 20.4 Å². The maximum Gasteiger partial charge on any atom is 0.225 e. The lowest BCUT2D eigenvalue weighted by Crippen LogP contribution is -2.46. The minimum atomic E-state index is 0. The Kier molecular flexibility index (Phi) is 11.0. The number of nitrogens with zero attached hydrogens (tertiary/aromatic N) is 3. The predicted octanol–water partition coefficient (Wildman–Crippen LogP) is 2.49. The summed E-state index contributed by atoms with van der Waals surface area (Å²) in [7, 11) is 0. The highest BCUT2D eigenvalue weighted by Crippen LogP contribution is 2.22. The van der Waals surface area contributed by atoms with Crippen LogP contribution in [0.1, 0.15) is 38.8 Å². The minimum Gasteiger partial charge on any atom is -0.379 e. The fourth-order valence-electron chi connectivity index (χ4n) is 4.13. The Morgan fingerprint density at radius 3 is 2.55 bits per heavy atom. The van der Waals surface area contributed by atoms with Crippen LogP contribution in [-0.2, 0) is 9.53 Å². The van der Waals surface area contributed by atoms with Crippen LogP contribution in [-0.4, -0.2) is 80.2 Å². The van der Waals surface area contributed by atoms with Crippen LogP contribution in [0, 0.1) is 5.92 Å². The molecule has 2 unspecified atom stereocenters. The zero-order valence-corrected chi connectivity index (χ0v) is 21.4. The van der Waals surface area contributed by atoms with E-state index in [2.05, 4.69) is 52.8 Å². The first-order chi connectivity index (χ1) is 14.6. The number of carbonyl (C=O) groups is 1. The number of rotatable bonds is 7. The van der Waals surface area contributed by atoms with E-state index in [-0.39, 0.29) is 47.9 Å². The van der Waals surface area contributed by atoms with Crippen LogP contribution in [0.4, 0.5) is 0 Å². The van der Waals surface area contributed by atoms with E-state index in [0.29, 0.717) is 6.54 Å². The molecule has 2 saturated heterocycles. The third kappa shape index (κ3) is 7.61. The molecule has 2 fully saturated rings.